The Labute approximate surface area is 119 Å². The van der Waals surface area contributed by atoms with Crippen molar-refractivity contribution in [3.05, 3.63) is 18.0 Å². The Kier molecular flexibility index (Phi) is 4.95. The van der Waals surface area contributed by atoms with Crippen molar-refractivity contribution in [2.45, 2.75) is 18.7 Å². The molecule has 1 heterocycles. The number of aliphatic hydroxyl groups excluding tert-OH is 1. The van der Waals surface area contributed by atoms with E-state index in [1.54, 1.807) is 7.05 Å². The zero-order valence-electron chi connectivity index (χ0n) is 12.1. The molecule has 0 saturated carbocycles. The van der Waals surface area contributed by atoms with E-state index in [0.29, 0.717) is 6.54 Å². The third-order valence-corrected chi connectivity index (χ3v) is 4.33. The molecule has 0 saturated heterocycles. The van der Waals surface area contributed by atoms with Gasteiger partial charge in [-0.3, -0.25) is 4.79 Å². The maximum absolute atomic E-state index is 12.0. The molecule has 1 amide bonds. The first-order valence-corrected chi connectivity index (χ1v) is 7.60. The van der Waals surface area contributed by atoms with Crippen molar-refractivity contribution in [3.63, 3.8) is 0 Å². The maximum atomic E-state index is 12.0. The number of amides is 1. The third-order valence-electron chi connectivity index (χ3n) is 2.95. The van der Waals surface area contributed by atoms with E-state index < -0.39 is 15.4 Å². The van der Waals surface area contributed by atoms with Gasteiger partial charge in [-0.15, -0.1) is 0 Å². The minimum Gasteiger partial charge on any atom is -0.396 e. The molecule has 0 aliphatic rings. The molecule has 0 aliphatic carbocycles. The van der Waals surface area contributed by atoms with E-state index in [2.05, 4.69) is 10.0 Å². The van der Waals surface area contributed by atoms with Crippen LogP contribution in [0.15, 0.2) is 17.2 Å². The molecule has 0 aliphatic heterocycles. The van der Waals surface area contributed by atoms with Gasteiger partial charge in [-0.2, -0.15) is 0 Å². The van der Waals surface area contributed by atoms with Crippen molar-refractivity contribution < 1.29 is 18.3 Å². The van der Waals surface area contributed by atoms with Gasteiger partial charge in [0.05, 0.1) is 0 Å². The minimum atomic E-state index is -3.57. The lowest BCUT2D eigenvalue weighted by atomic mass is 9.95. The Morgan fingerprint density at radius 2 is 2.05 bits per heavy atom. The molecule has 1 rings (SSSR count). The summed E-state index contributed by atoms with van der Waals surface area (Å²) in [4.78, 5) is 12.1. The Hall–Kier alpha value is -1.38. The molecule has 0 bridgehead atoms. The van der Waals surface area contributed by atoms with Gasteiger partial charge in [0.1, 0.15) is 10.6 Å². The highest BCUT2D eigenvalue weighted by atomic mass is 32.2. The number of sulfonamides is 1. The summed E-state index contributed by atoms with van der Waals surface area (Å²) in [6, 6.07) is 1.31. The van der Waals surface area contributed by atoms with Crippen LogP contribution in [0.1, 0.15) is 24.3 Å². The van der Waals surface area contributed by atoms with Gasteiger partial charge in [-0.25, -0.2) is 13.1 Å². The number of rotatable bonds is 6. The van der Waals surface area contributed by atoms with Crippen molar-refractivity contribution in [2.24, 2.45) is 12.5 Å². The van der Waals surface area contributed by atoms with Gasteiger partial charge < -0.3 is 15.0 Å². The fourth-order valence-corrected chi connectivity index (χ4v) is 2.29. The van der Waals surface area contributed by atoms with Gasteiger partial charge in [-0.1, -0.05) is 13.8 Å². The summed E-state index contributed by atoms with van der Waals surface area (Å²) in [5.41, 5.74) is -0.187. The second-order valence-electron chi connectivity index (χ2n) is 5.38. The van der Waals surface area contributed by atoms with Gasteiger partial charge in [0.15, 0.2) is 0 Å². The standard InChI is InChI=1S/C12H21N3O4S/c1-12(2,8-16)7-14-11(17)10-5-9(6-15(10)4)20(18,19)13-3/h5-6,13,16H,7-8H2,1-4H3,(H,14,17). The largest absolute Gasteiger partial charge is 0.396 e. The monoisotopic (exact) mass is 303 g/mol. The van der Waals surface area contributed by atoms with E-state index in [9.17, 15) is 13.2 Å². The lowest BCUT2D eigenvalue weighted by Crippen LogP contribution is -2.36. The number of aryl methyl sites for hydroxylation is 1. The van der Waals surface area contributed by atoms with Crippen LogP contribution in [0.2, 0.25) is 0 Å². The van der Waals surface area contributed by atoms with E-state index in [1.165, 1.54) is 23.9 Å². The number of carbonyl (C=O) groups is 1. The Balaban J connectivity index is 2.91. The molecule has 0 unspecified atom stereocenters. The van der Waals surface area contributed by atoms with Crippen molar-refractivity contribution >= 4 is 15.9 Å². The fraction of sp³-hybridized carbons (Fsp3) is 0.583. The number of hydrogen-bond acceptors (Lipinski definition) is 4. The summed E-state index contributed by atoms with van der Waals surface area (Å²) in [5.74, 6) is -0.383. The van der Waals surface area contributed by atoms with Crippen LogP contribution in [-0.4, -0.2) is 44.2 Å². The first kappa shape index (κ1) is 16.7. The lowest BCUT2D eigenvalue weighted by Gasteiger charge is -2.21. The van der Waals surface area contributed by atoms with Crippen molar-refractivity contribution in [1.82, 2.24) is 14.6 Å². The van der Waals surface area contributed by atoms with Crippen molar-refractivity contribution in [3.8, 4) is 0 Å². The fourth-order valence-electron chi connectivity index (χ4n) is 1.49. The summed E-state index contributed by atoms with van der Waals surface area (Å²) < 4.78 is 27.0. The number of aromatic nitrogens is 1. The topological polar surface area (TPSA) is 100 Å². The normalized spacial score (nSPS) is 12.4. The summed E-state index contributed by atoms with van der Waals surface area (Å²) in [6.45, 7) is 3.87. The van der Waals surface area contributed by atoms with Crippen LogP contribution < -0.4 is 10.0 Å². The summed E-state index contributed by atoms with van der Waals surface area (Å²) in [6.07, 6.45) is 1.37. The molecular formula is C12H21N3O4S. The van der Waals surface area contributed by atoms with Crippen LogP contribution in [0.5, 0.6) is 0 Å². The Morgan fingerprint density at radius 3 is 2.55 bits per heavy atom. The molecule has 3 N–H and O–H groups in total. The van der Waals surface area contributed by atoms with E-state index in [-0.39, 0.29) is 23.1 Å². The quantitative estimate of drug-likeness (QED) is 0.670. The first-order valence-electron chi connectivity index (χ1n) is 6.12. The van der Waals surface area contributed by atoms with Gasteiger partial charge in [-0.05, 0) is 13.1 Å². The molecule has 0 radical (unpaired) electrons. The summed E-state index contributed by atoms with van der Waals surface area (Å²) >= 11 is 0. The average molecular weight is 303 g/mol. The number of aliphatic hydroxyl groups is 1. The molecule has 8 heteroatoms. The Morgan fingerprint density at radius 1 is 1.45 bits per heavy atom. The van der Waals surface area contributed by atoms with E-state index >= 15 is 0 Å². The third kappa shape index (κ3) is 3.81. The van der Waals surface area contributed by atoms with Crippen LogP contribution in [0.4, 0.5) is 0 Å². The Bertz CT molecular complexity index is 590. The zero-order chi connectivity index (χ0) is 15.6. The summed E-state index contributed by atoms with van der Waals surface area (Å²) in [5, 5.41) is 11.8. The van der Waals surface area contributed by atoms with Crippen molar-refractivity contribution in [1.29, 1.82) is 0 Å². The second-order valence-corrected chi connectivity index (χ2v) is 7.27. The molecule has 0 fully saturated rings. The number of nitrogens with zero attached hydrogens (tertiary/aromatic N) is 1. The molecule has 7 nitrogen and oxygen atoms in total. The van der Waals surface area contributed by atoms with Crippen LogP contribution in [-0.2, 0) is 17.1 Å². The molecule has 114 valence electrons. The van der Waals surface area contributed by atoms with Crippen LogP contribution in [0.25, 0.3) is 0 Å². The first-order chi connectivity index (χ1) is 9.13. The van der Waals surface area contributed by atoms with E-state index in [4.69, 9.17) is 5.11 Å². The van der Waals surface area contributed by atoms with E-state index in [1.807, 2.05) is 13.8 Å². The maximum Gasteiger partial charge on any atom is 0.267 e. The molecule has 0 aromatic carbocycles. The number of nitrogens with one attached hydrogen (secondary N) is 2. The average Bonchev–Trinajstić information content (AvgIpc) is 2.79. The summed E-state index contributed by atoms with van der Waals surface area (Å²) in [7, 11) is -0.663. The highest BCUT2D eigenvalue weighted by Crippen LogP contribution is 2.15. The smallest absolute Gasteiger partial charge is 0.267 e. The van der Waals surface area contributed by atoms with Gasteiger partial charge in [0.25, 0.3) is 5.91 Å². The number of hydrogen-bond donors (Lipinski definition) is 3. The van der Waals surface area contributed by atoms with Crippen LogP contribution >= 0.6 is 0 Å². The molecule has 20 heavy (non-hydrogen) atoms. The molecule has 1 aromatic rings. The molecule has 0 atom stereocenters. The van der Waals surface area contributed by atoms with Gasteiger partial charge in [0, 0.05) is 31.8 Å². The van der Waals surface area contributed by atoms with Crippen LogP contribution in [0.3, 0.4) is 0 Å². The highest BCUT2D eigenvalue weighted by Gasteiger charge is 2.21. The molecule has 1 aromatic heterocycles. The van der Waals surface area contributed by atoms with Gasteiger partial charge >= 0.3 is 0 Å². The second kappa shape index (κ2) is 5.94. The predicted octanol–water partition coefficient (Wildman–Crippen LogP) is -0.318. The van der Waals surface area contributed by atoms with E-state index in [0.717, 1.165) is 0 Å². The minimum absolute atomic E-state index is 0.0362. The predicted molar refractivity (Wildman–Crippen MR) is 74.9 cm³/mol. The van der Waals surface area contributed by atoms with Crippen LogP contribution in [0, 0.1) is 5.41 Å². The molecule has 0 spiro atoms. The lowest BCUT2D eigenvalue weighted by molar-refractivity contribution is 0.0903. The number of carbonyl (C=O) groups excluding carboxylic acids is 1. The van der Waals surface area contributed by atoms with Gasteiger partial charge in [0.2, 0.25) is 10.0 Å². The SMILES string of the molecule is CNS(=O)(=O)c1cc(C(=O)NCC(C)(C)CO)n(C)c1. The van der Waals surface area contributed by atoms with Crippen molar-refractivity contribution in [2.75, 3.05) is 20.2 Å². The zero-order valence-corrected chi connectivity index (χ0v) is 12.9. The highest BCUT2D eigenvalue weighted by molar-refractivity contribution is 7.89. The molecular weight excluding hydrogens is 282 g/mol.